The molecule has 5 nitrogen and oxygen atoms in total. The van der Waals surface area contributed by atoms with Crippen LogP contribution in [0.4, 0.5) is 0 Å². The highest BCUT2D eigenvalue weighted by Crippen LogP contribution is 2.52. The average molecular weight is 389 g/mol. The van der Waals surface area contributed by atoms with Crippen molar-refractivity contribution >= 4 is 21.8 Å². The summed E-state index contributed by atoms with van der Waals surface area (Å²) >= 11 is 3.54. The summed E-state index contributed by atoms with van der Waals surface area (Å²) in [7, 11) is 1.65. The Kier molecular flexibility index (Phi) is 3.54. The maximum atomic E-state index is 6.18. The van der Waals surface area contributed by atoms with Gasteiger partial charge in [-0.2, -0.15) is 0 Å². The number of aliphatic imine (C=N–C) groups is 1. The molecule has 0 saturated carbocycles. The van der Waals surface area contributed by atoms with Gasteiger partial charge in [0.2, 0.25) is 0 Å². The van der Waals surface area contributed by atoms with Crippen molar-refractivity contribution in [3.05, 3.63) is 51.5 Å². The number of ether oxygens (including phenoxy) is 3. The second-order valence-corrected chi connectivity index (χ2v) is 6.94. The Bertz CT molecular complexity index is 866. The fourth-order valence-corrected chi connectivity index (χ4v) is 3.72. The van der Waals surface area contributed by atoms with Crippen LogP contribution in [-0.2, 0) is 10.3 Å². The Balaban J connectivity index is 2.06. The lowest BCUT2D eigenvalue weighted by Gasteiger charge is -2.40. The molecule has 0 aromatic heterocycles. The van der Waals surface area contributed by atoms with Crippen molar-refractivity contribution in [3.63, 3.8) is 0 Å². The molecule has 0 saturated heterocycles. The number of benzene rings is 2. The normalized spacial score (nSPS) is 21.5. The molecule has 2 aliphatic rings. The van der Waals surface area contributed by atoms with Crippen molar-refractivity contribution in [3.8, 4) is 17.2 Å². The molecule has 1 atom stereocenters. The number of fused-ring (bicyclic) bond motifs is 4. The SMILES string of the molecule is COc1cc(C)c2c(c1)C1(COCC(N)=N1)c1cc(Br)ccc1O2. The summed E-state index contributed by atoms with van der Waals surface area (Å²) in [6.45, 7) is 2.74. The van der Waals surface area contributed by atoms with E-state index in [4.69, 9.17) is 24.9 Å². The molecule has 1 unspecified atom stereocenters. The van der Waals surface area contributed by atoms with Gasteiger partial charge in [0, 0.05) is 15.6 Å². The molecular formula is C18H17BrN2O3. The summed E-state index contributed by atoms with van der Waals surface area (Å²) in [4.78, 5) is 4.83. The van der Waals surface area contributed by atoms with Crippen LogP contribution in [0, 0.1) is 6.92 Å². The number of amidine groups is 1. The standard InChI is InChI=1S/C18H17BrN2O3/c1-10-5-12(22-2)7-14-17(10)24-15-4-3-11(19)6-13(15)18(14)9-23-8-16(20)21-18/h3-7H,8-9H2,1-2H3,(H2,20,21). The highest BCUT2D eigenvalue weighted by atomic mass is 79.9. The molecule has 124 valence electrons. The number of nitrogens with zero attached hydrogens (tertiary/aromatic N) is 1. The smallest absolute Gasteiger partial charge is 0.143 e. The van der Waals surface area contributed by atoms with Crippen LogP contribution < -0.4 is 15.2 Å². The van der Waals surface area contributed by atoms with Gasteiger partial charge in [0.05, 0.1) is 13.7 Å². The zero-order valence-electron chi connectivity index (χ0n) is 13.4. The van der Waals surface area contributed by atoms with Crippen LogP contribution in [0.3, 0.4) is 0 Å². The van der Waals surface area contributed by atoms with Gasteiger partial charge in [0.1, 0.15) is 35.2 Å². The first kappa shape index (κ1) is 15.5. The van der Waals surface area contributed by atoms with Crippen molar-refractivity contribution in [1.29, 1.82) is 0 Å². The number of hydrogen-bond donors (Lipinski definition) is 1. The molecule has 2 heterocycles. The second kappa shape index (κ2) is 5.50. The first-order valence-corrected chi connectivity index (χ1v) is 8.42. The first-order valence-electron chi connectivity index (χ1n) is 7.62. The van der Waals surface area contributed by atoms with E-state index in [2.05, 4.69) is 15.9 Å². The summed E-state index contributed by atoms with van der Waals surface area (Å²) in [6, 6.07) is 9.81. The number of methoxy groups -OCH3 is 1. The molecule has 0 fully saturated rings. The minimum absolute atomic E-state index is 0.338. The molecule has 2 aromatic rings. The fraction of sp³-hybridized carbons (Fsp3) is 0.278. The predicted octanol–water partition coefficient (Wildman–Crippen LogP) is 3.50. The third-order valence-electron chi connectivity index (χ3n) is 4.42. The van der Waals surface area contributed by atoms with E-state index in [9.17, 15) is 0 Å². The highest BCUT2D eigenvalue weighted by molar-refractivity contribution is 9.10. The summed E-state index contributed by atoms with van der Waals surface area (Å²) < 4.78 is 18.4. The van der Waals surface area contributed by atoms with Crippen LogP contribution in [0.25, 0.3) is 0 Å². The van der Waals surface area contributed by atoms with Gasteiger partial charge in [-0.25, -0.2) is 0 Å². The topological polar surface area (TPSA) is 66.1 Å². The van der Waals surface area contributed by atoms with Crippen LogP contribution in [0.2, 0.25) is 0 Å². The molecule has 1 spiro atoms. The molecule has 2 N–H and O–H groups in total. The minimum atomic E-state index is -0.728. The Morgan fingerprint density at radius 1 is 1.25 bits per heavy atom. The van der Waals surface area contributed by atoms with E-state index in [1.165, 1.54) is 0 Å². The molecular weight excluding hydrogens is 372 g/mol. The van der Waals surface area contributed by atoms with E-state index in [0.717, 1.165) is 38.4 Å². The Morgan fingerprint density at radius 3 is 2.83 bits per heavy atom. The van der Waals surface area contributed by atoms with Gasteiger partial charge >= 0.3 is 0 Å². The fourth-order valence-electron chi connectivity index (χ4n) is 3.36. The van der Waals surface area contributed by atoms with Gasteiger partial charge in [0.15, 0.2) is 0 Å². The molecule has 2 aromatic carbocycles. The van der Waals surface area contributed by atoms with E-state index in [-0.39, 0.29) is 0 Å². The van der Waals surface area contributed by atoms with Crippen LogP contribution in [0.1, 0.15) is 16.7 Å². The molecule has 0 bridgehead atoms. The number of hydrogen-bond acceptors (Lipinski definition) is 5. The lowest BCUT2D eigenvalue weighted by atomic mass is 9.79. The van der Waals surface area contributed by atoms with Crippen molar-refractivity contribution in [2.75, 3.05) is 20.3 Å². The third kappa shape index (κ3) is 2.21. The predicted molar refractivity (Wildman–Crippen MR) is 95.2 cm³/mol. The van der Waals surface area contributed by atoms with Crippen LogP contribution >= 0.6 is 15.9 Å². The van der Waals surface area contributed by atoms with Crippen LogP contribution in [0.15, 0.2) is 39.8 Å². The molecule has 0 amide bonds. The Labute approximate surface area is 148 Å². The summed E-state index contributed by atoms with van der Waals surface area (Å²) in [5.74, 6) is 2.78. The molecule has 0 radical (unpaired) electrons. The van der Waals surface area contributed by atoms with Crippen molar-refractivity contribution in [2.45, 2.75) is 12.5 Å². The van der Waals surface area contributed by atoms with E-state index >= 15 is 0 Å². The quantitative estimate of drug-likeness (QED) is 0.811. The van der Waals surface area contributed by atoms with Crippen molar-refractivity contribution in [2.24, 2.45) is 10.7 Å². The lowest BCUT2D eigenvalue weighted by Crippen LogP contribution is -2.42. The van der Waals surface area contributed by atoms with E-state index in [1.807, 2.05) is 37.3 Å². The molecule has 6 heteroatoms. The highest BCUT2D eigenvalue weighted by Gasteiger charge is 2.45. The van der Waals surface area contributed by atoms with Gasteiger partial charge in [-0.15, -0.1) is 0 Å². The maximum Gasteiger partial charge on any atom is 0.143 e. The van der Waals surface area contributed by atoms with Crippen LogP contribution in [-0.4, -0.2) is 26.2 Å². The van der Waals surface area contributed by atoms with Gasteiger partial charge in [-0.05, 0) is 42.8 Å². The largest absolute Gasteiger partial charge is 0.497 e. The zero-order chi connectivity index (χ0) is 16.9. The second-order valence-electron chi connectivity index (χ2n) is 6.02. The van der Waals surface area contributed by atoms with Gasteiger partial charge in [-0.3, -0.25) is 4.99 Å². The lowest BCUT2D eigenvalue weighted by molar-refractivity contribution is 0.109. The summed E-state index contributed by atoms with van der Waals surface area (Å²) in [5.41, 5.74) is 8.14. The molecule has 2 aliphatic heterocycles. The Morgan fingerprint density at radius 2 is 2.08 bits per heavy atom. The average Bonchev–Trinajstić information content (AvgIpc) is 2.56. The van der Waals surface area contributed by atoms with Crippen molar-refractivity contribution in [1.82, 2.24) is 0 Å². The molecule has 24 heavy (non-hydrogen) atoms. The monoisotopic (exact) mass is 388 g/mol. The molecule has 0 aliphatic carbocycles. The zero-order valence-corrected chi connectivity index (χ0v) is 15.0. The van der Waals surface area contributed by atoms with E-state index < -0.39 is 5.54 Å². The van der Waals surface area contributed by atoms with Gasteiger partial charge in [-0.1, -0.05) is 15.9 Å². The van der Waals surface area contributed by atoms with Gasteiger partial charge in [0.25, 0.3) is 0 Å². The van der Waals surface area contributed by atoms with Crippen molar-refractivity contribution < 1.29 is 14.2 Å². The molecule has 4 rings (SSSR count). The Hall–Kier alpha value is -2.05. The first-order chi connectivity index (χ1) is 11.5. The van der Waals surface area contributed by atoms with Crippen LogP contribution in [0.5, 0.6) is 17.2 Å². The summed E-state index contributed by atoms with van der Waals surface area (Å²) in [6.07, 6.45) is 0. The van der Waals surface area contributed by atoms with Gasteiger partial charge < -0.3 is 19.9 Å². The third-order valence-corrected chi connectivity index (χ3v) is 4.92. The number of rotatable bonds is 1. The van der Waals surface area contributed by atoms with E-state index in [1.54, 1.807) is 7.11 Å². The maximum absolute atomic E-state index is 6.18. The van der Waals surface area contributed by atoms with E-state index in [0.29, 0.717) is 19.0 Å². The minimum Gasteiger partial charge on any atom is -0.497 e. The number of halogens is 1. The number of nitrogens with two attached hydrogens (primary N) is 1. The number of aryl methyl sites for hydroxylation is 1. The summed E-state index contributed by atoms with van der Waals surface area (Å²) in [5, 5.41) is 0.